The Morgan fingerprint density at radius 2 is 1.86 bits per heavy atom. The van der Waals surface area contributed by atoms with Crippen LogP contribution in [0.5, 0.6) is 0 Å². The molecule has 0 aromatic heterocycles. The molecule has 0 amide bonds. The van der Waals surface area contributed by atoms with Gasteiger partial charge in [-0.15, -0.1) is 0 Å². The number of hydrogen-bond acceptors (Lipinski definition) is 1. The van der Waals surface area contributed by atoms with Crippen molar-refractivity contribution in [3.8, 4) is 0 Å². The molecule has 0 fully saturated rings. The van der Waals surface area contributed by atoms with Crippen LogP contribution < -0.4 is 5.32 Å². The molecule has 1 atom stereocenters. The van der Waals surface area contributed by atoms with Gasteiger partial charge in [0.1, 0.15) is 11.6 Å². The molecule has 1 nitrogen and oxygen atoms in total. The molecule has 0 aliphatic carbocycles. The molecule has 1 unspecified atom stereocenters. The summed E-state index contributed by atoms with van der Waals surface area (Å²) in [6, 6.07) is 3.81. The fourth-order valence-corrected chi connectivity index (χ4v) is 1.29. The van der Waals surface area contributed by atoms with Crippen LogP contribution in [0.4, 0.5) is 8.78 Å². The van der Waals surface area contributed by atoms with Crippen LogP contribution >= 0.6 is 15.9 Å². The summed E-state index contributed by atoms with van der Waals surface area (Å²) in [6.07, 6.45) is 0. The molecular formula is C10H12BrF2N. The van der Waals surface area contributed by atoms with E-state index < -0.39 is 11.6 Å². The molecule has 0 saturated carbocycles. The van der Waals surface area contributed by atoms with Crippen LogP contribution in [0.15, 0.2) is 18.2 Å². The molecule has 1 rings (SSSR count). The van der Waals surface area contributed by atoms with Gasteiger partial charge in [-0.2, -0.15) is 0 Å². The van der Waals surface area contributed by atoms with E-state index in [9.17, 15) is 8.78 Å². The Balaban J connectivity index is 2.58. The maximum absolute atomic E-state index is 12.8. The van der Waals surface area contributed by atoms with E-state index in [1.54, 1.807) is 0 Å². The third kappa shape index (κ3) is 3.72. The fourth-order valence-electron chi connectivity index (χ4n) is 1.06. The van der Waals surface area contributed by atoms with E-state index in [0.29, 0.717) is 12.1 Å². The first kappa shape index (κ1) is 11.6. The van der Waals surface area contributed by atoms with E-state index in [1.165, 1.54) is 12.1 Å². The Morgan fingerprint density at radius 1 is 1.29 bits per heavy atom. The highest BCUT2D eigenvalue weighted by Gasteiger charge is 2.02. The van der Waals surface area contributed by atoms with Crippen molar-refractivity contribution >= 4 is 15.9 Å². The van der Waals surface area contributed by atoms with Gasteiger partial charge in [0.15, 0.2) is 0 Å². The van der Waals surface area contributed by atoms with Crippen molar-refractivity contribution < 1.29 is 8.78 Å². The monoisotopic (exact) mass is 263 g/mol. The molecule has 1 N–H and O–H groups in total. The summed E-state index contributed by atoms with van der Waals surface area (Å²) in [7, 11) is 0. The minimum Gasteiger partial charge on any atom is -0.309 e. The molecule has 0 aliphatic rings. The normalized spacial score (nSPS) is 12.9. The van der Waals surface area contributed by atoms with Crippen molar-refractivity contribution in [2.45, 2.75) is 19.5 Å². The van der Waals surface area contributed by atoms with Crippen molar-refractivity contribution in [3.63, 3.8) is 0 Å². The Hall–Kier alpha value is -0.480. The van der Waals surface area contributed by atoms with Crippen LogP contribution in [0.3, 0.4) is 0 Å². The van der Waals surface area contributed by atoms with E-state index in [0.717, 1.165) is 11.4 Å². The molecular weight excluding hydrogens is 252 g/mol. The van der Waals surface area contributed by atoms with Crippen LogP contribution in [-0.2, 0) is 6.54 Å². The molecule has 0 radical (unpaired) electrons. The molecule has 0 spiro atoms. The highest BCUT2D eigenvalue weighted by Crippen LogP contribution is 2.07. The predicted octanol–water partition coefficient (Wildman–Crippen LogP) is 2.84. The van der Waals surface area contributed by atoms with E-state index in [2.05, 4.69) is 21.2 Å². The molecule has 1 aromatic rings. The van der Waals surface area contributed by atoms with E-state index in [4.69, 9.17) is 0 Å². The van der Waals surface area contributed by atoms with Crippen LogP contribution in [0, 0.1) is 11.6 Å². The summed E-state index contributed by atoms with van der Waals surface area (Å²) in [4.78, 5) is 0. The number of alkyl halides is 1. The van der Waals surface area contributed by atoms with Gasteiger partial charge in [0.25, 0.3) is 0 Å². The lowest BCUT2D eigenvalue weighted by Crippen LogP contribution is -2.26. The Bertz CT molecular complexity index is 284. The summed E-state index contributed by atoms with van der Waals surface area (Å²) in [5.41, 5.74) is 0.621. The third-order valence-electron chi connectivity index (χ3n) is 1.81. The smallest absolute Gasteiger partial charge is 0.126 e. The van der Waals surface area contributed by atoms with Crippen molar-refractivity contribution in [1.29, 1.82) is 0 Å². The van der Waals surface area contributed by atoms with Gasteiger partial charge in [-0.25, -0.2) is 8.78 Å². The lowest BCUT2D eigenvalue weighted by molar-refractivity contribution is 0.564. The molecule has 14 heavy (non-hydrogen) atoms. The average molecular weight is 264 g/mol. The topological polar surface area (TPSA) is 12.0 Å². The van der Waals surface area contributed by atoms with Crippen LogP contribution in [0.1, 0.15) is 12.5 Å². The SMILES string of the molecule is CC(CBr)NCc1cc(F)cc(F)c1. The summed E-state index contributed by atoms with van der Waals surface area (Å²) >= 11 is 3.31. The van der Waals surface area contributed by atoms with Crippen molar-refractivity contribution in [2.24, 2.45) is 0 Å². The summed E-state index contributed by atoms with van der Waals surface area (Å²) in [5, 5.41) is 3.93. The largest absolute Gasteiger partial charge is 0.309 e. The second-order valence-corrected chi connectivity index (χ2v) is 3.86. The minimum absolute atomic E-state index is 0.279. The lowest BCUT2D eigenvalue weighted by Gasteiger charge is -2.10. The van der Waals surface area contributed by atoms with Gasteiger partial charge >= 0.3 is 0 Å². The first-order valence-electron chi connectivity index (χ1n) is 4.36. The molecule has 78 valence electrons. The van der Waals surface area contributed by atoms with Gasteiger partial charge in [0, 0.05) is 24.0 Å². The zero-order valence-electron chi connectivity index (χ0n) is 7.86. The number of hydrogen-bond donors (Lipinski definition) is 1. The maximum atomic E-state index is 12.8. The van der Waals surface area contributed by atoms with Crippen LogP contribution in [0.25, 0.3) is 0 Å². The van der Waals surface area contributed by atoms with E-state index >= 15 is 0 Å². The van der Waals surface area contributed by atoms with E-state index in [-0.39, 0.29) is 6.04 Å². The lowest BCUT2D eigenvalue weighted by atomic mass is 10.2. The number of rotatable bonds is 4. The van der Waals surface area contributed by atoms with Crippen molar-refractivity contribution in [1.82, 2.24) is 5.32 Å². The predicted molar refractivity (Wildman–Crippen MR) is 56.5 cm³/mol. The summed E-state index contributed by atoms with van der Waals surface area (Å²) in [5.74, 6) is -1.07. The quantitative estimate of drug-likeness (QED) is 0.824. The Kier molecular flexibility index (Phi) is 4.48. The average Bonchev–Trinajstić information content (AvgIpc) is 2.12. The molecule has 1 aromatic carbocycles. The summed E-state index contributed by atoms with van der Waals surface area (Å²) in [6.45, 7) is 2.46. The van der Waals surface area contributed by atoms with Gasteiger partial charge in [-0.05, 0) is 24.6 Å². The van der Waals surface area contributed by atoms with E-state index in [1.807, 2.05) is 6.92 Å². The van der Waals surface area contributed by atoms with Gasteiger partial charge in [-0.3, -0.25) is 0 Å². The molecule has 0 bridgehead atoms. The molecule has 0 heterocycles. The van der Waals surface area contributed by atoms with Crippen LogP contribution in [0.2, 0.25) is 0 Å². The number of nitrogens with one attached hydrogen (secondary N) is 1. The maximum Gasteiger partial charge on any atom is 0.126 e. The van der Waals surface area contributed by atoms with Gasteiger partial charge in [0.2, 0.25) is 0 Å². The Morgan fingerprint density at radius 3 is 2.36 bits per heavy atom. The number of halogens is 3. The zero-order chi connectivity index (χ0) is 10.6. The highest BCUT2D eigenvalue weighted by atomic mass is 79.9. The molecule has 0 saturated heterocycles. The first-order valence-corrected chi connectivity index (χ1v) is 5.48. The molecule has 4 heteroatoms. The first-order chi connectivity index (χ1) is 6.61. The Labute approximate surface area is 90.6 Å². The second kappa shape index (κ2) is 5.41. The third-order valence-corrected chi connectivity index (χ3v) is 2.78. The fraction of sp³-hybridized carbons (Fsp3) is 0.400. The van der Waals surface area contributed by atoms with Crippen molar-refractivity contribution in [2.75, 3.05) is 5.33 Å². The van der Waals surface area contributed by atoms with Gasteiger partial charge in [-0.1, -0.05) is 15.9 Å². The van der Waals surface area contributed by atoms with Gasteiger partial charge in [0.05, 0.1) is 0 Å². The van der Waals surface area contributed by atoms with Crippen molar-refractivity contribution in [3.05, 3.63) is 35.4 Å². The zero-order valence-corrected chi connectivity index (χ0v) is 9.44. The van der Waals surface area contributed by atoms with Gasteiger partial charge < -0.3 is 5.32 Å². The standard InChI is InChI=1S/C10H12BrF2N/c1-7(5-11)14-6-8-2-9(12)4-10(13)3-8/h2-4,7,14H,5-6H2,1H3. The summed E-state index contributed by atoms with van der Waals surface area (Å²) < 4.78 is 25.5. The minimum atomic E-state index is -0.534. The van der Waals surface area contributed by atoms with Crippen LogP contribution in [-0.4, -0.2) is 11.4 Å². The second-order valence-electron chi connectivity index (χ2n) is 3.21. The number of benzene rings is 1. The highest BCUT2D eigenvalue weighted by molar-refractivity contribution is 9.09. The molecule has 0 aliphatic heterocycles.